The Hall–Kier alpha value is -3.85. The zero-order chi connectivity index (χ0) is 22.8. The largest absolute Gasteiger partial charge is 0.494 e. The monoisotopic (exact) mass is 438 g/mol. The van der Waals surface area contributed by atoms with Gasteiger partial charge in [-0.1, -0.05) is 24.0 Å². The van der Waals surface area contributed by atoms with Crippen LogP contribution in [0.1, 0.15) is 18.1 Å². The molecule has 160 valence electrons. The molecule has 0 fully saturated rings. The standard InChI is InChI=1S/C26H15F5O/c1-2-32-20-13-24(30)26(25(31)14-20)18-11-22(28)21(23(29)12-18)8-4-15-3-5-17-10-19(27)7-6-16(17)9-15/h3,5-7,9-14H,2H2,1H3. The van der Waals surface area contributed by atoms with Crippen molar-refractivity contribution in [3.05, 3.63) is 101 Å². The lowest BCUT2D eigenvalue weighted by molar-refractivity contribution is 0.336. The molecule has 0 unspecified atom stereocenters. The fourth-order valence-corrected chi connectivity index (χ4v) is 3.34. The zero-order valence-corrected chi connectivity index (χ0v) is 16.8. The first kappa shape index (κ1) is 21.4. The smallest absolute Gasteiger partial charge is 0.142 e. The first-order chi connectivity index (χ1) is 15.4. The summed E-state index contributed by atoms with van der Waals surface area (Å²) in [6, 6.07) is 12.7. The lowest BCUT2D eigenvalue weighted by Gasteiger charge is -2.10. The molecule has 4 aromatic rings. The van der Waals surface area contributed by atoms with E-state index in [-0.39, 0.29) is 23.7 Å². The van der Waals surface area contributed by atoms with Crippen LogP contribution in [0.4, 0.5) is 22.0 Å². The predicted octanol–water partition coefficient (Wildman–Crippen LogP) is 7.00. The first-order valence-electron chi connectivity index (χ1n) is 9.68. The average Bonchev–Trinajstić information content (AvgIpc) is 2.73. The van der Waals surface area contributed by atoms with Crippen LogP contribution in [-0.4, -0.2) is 6.61 Å². The Morgan fingerprint density at radius 3 is 1.97 bits per heavy atom. The SMILES string of the molecule is CCOc1cc(F)c(-c2cc(F)c(C#Cc3ccc4cc(F)ccc4c3)c(F)c2)c(F)c1. The summed E-state index contributed by atoms with van der Waals surface area (Å²) < 4.78 is 76.3. The van der Waals surface area contributed by atoms with Crippen LogP contribution in [0.5, 0.6) is 5.75 Å². The van der Waals surface area contributed by atoms with Crippen molar-refractivity contribution in [3.63, 3.8) is 0 Å². The molecule has 0 amide bonds. The van der Waals surface area contributed by atoms with E-state index in [0.717, 1.165) is 29.7 Å². The Bertz CT molecular complexity index is 1350. The van der Waals surface area contributed by atoms with Gasteiger partial charge in [0.05, 0.1) is 17.7 Å². The first-order valence-corrected chi connectivity index (χ1v) is 9.68. The van der Waals surface area contributed by atoms with Crippen LogP contribution in [0, 0.1) is 40.9 Å². The molecule has 0 saturated heterocycles. The highest BCUT2D eigenvalue weighted by atomic mass is 19.1. The summed E-state index contributed by atoms with van der Waals surface area (Å²) >= 11 is 0. The van der Waals surface area contributed by atoms with Gasteiger partial charge in [-0.05, 0) is 59.7 Å². The van der Waals surface area contributed by atoms with Crippen molar-refractivity contribution in [1.82, 2.24) is 0 Å². The Labute approximate surface area is 181 Å². The molecule has 0 atom stereocenters. The molecule has 0 bridgehead atoms. The predicted molar refractivity (Wildman–Crippen MR) is 113 cm³/mol. The number of halogens is 5. The zero-order valence-electron chi connectivity index (χ0n) is 16.8. The molecular weight excluding hydrogens is 423 g/mol. The lowest BCUT2D eigenvalue weighted by atomic mass is 10.0. The van der Waals surface area contributed by atoms with E-state index in [1.54, 1.807) is 31.2 Å². The van der Waals surface area contributed by atoms with Crippen molar-refractivity contribution < 1.29 is 26.7 Å². The molecule has 4 rings (SSSR count). The lowest BCUT2D eigenvalue weighted by Crippen LogP contribution is -1.98. The molecule has 0 aliphatic heterocycles. The number of hydrogen-bond acceptors (Lipinski definition) is 1. The Morgan fingerprint density at radius 1 is 0.688 bits per heavy atom. The van der Waals surface area contributed by atoms with Gasteiger partial charge in [0.15, 0.2) is 0 Å². The van der Waals surface area contributed by atoms with E-state index in [9.17, 15) is 22.0 Å². The molecule has 0 aromatic heterocycles. The van der Waals surface area contributed by atoms with Crippen molar-refractivity contribution >= 4 is 10.8 Å². The average molecular weight is 438 g/mol. The Morgan fingerprint density at radius 2 is 1.31 bits per heavy atom. The molecule has 0 aliphatic rings. The van der Waals surface area contributed by atoms with Crippen LogP contribution in [0.15, 0.2) is 60.7 Å². The summed E-state index contributed by atoms with van der Waals surface area (Å²) in [7, 11) is 0. The molecular formula is C26H15F5O. The molecule has 0 N–H and O–H groups in total. The van der Waals surface area contributed by atoms with E-state index >= 15 is 0 Å². The molecule has 0 heterocycles. The summed E-state index contributed by atoms with van der Waals surface area (Å²) in [5.41, 5.74) is -0.917. The molecule has 6 heteroatoms. The van der Waals surface area contributed by atoms with Crippen LogP contribution < -0.4 is 4.74 Å². The molecule has 0 aliphatic carbocycles. The maximum atomic E-state index is 14.6. The normalized spacial score (nSPS) is 10.7. The fourth-order valence-electron chi connectivity index (χ4n) is 3.34. The fraction of sp³-hybridized carbons (Fsp3) is 0.0769. The maximum Gasteiger partial charge on any atom is 0.142 e. The molecule has 32 heavy (non-hydrogen) atoms. The van der Waals surface area contributed by atoms with Gasteiger partial charge < -0.3 is 4.74 Å². The van der Waals surface area contributed by atoms with Crippen molar-refractivity contribution in [2.45, 2.75) is 6.92 Å². The van der Waals surface area contributed by atoms with Gasteiger partial charge >= 0.3 is 0 Å². The van der Waals surface area contributed by atoms with Crippen LogP contribution >= 0.6 is 0 Å². The Balaban J connectivity index is 1.70. The summed E-state index contributed by atoms with van der Waals surface area (Å²) in [6.45, 7) is 1.87. The summed E-state index contributed by atoms with van der Waals surface area (Å²) in [5, 5.41) is 1.38. The van der Waals surface area contributed by atoms with Gasteiger partial charge in [-0.15, -0.1) is 0 Å². The maximum absolute atomic E-state index is 14.6. The number of benzene rings is 4. The minimum Gasteiger partial charge on any atom is -0.494 e. The van der Waals surface area contributed by atoms with Gasteiger partial charge in [-0.3, -0.25) is 0 Å². The van der Waals surface area contributed by atoms with Crippen molar-refractivity contribution in [2.75, 3.05) is 6.61 Å². The minimum absolute atomic E-state index is 0.0206. The van der Waals surface area contributed by atoms with Gasteiger partial charge in [0.2, 0.25) is 0 Å². The summed E-state index contributed by atoms with van der Waals surface area (Å²) in [4.78, 5) is 0. The van der Waals surface area contributed by atoms with Gasteiger partial charge in [-0.2, -0.15) is 0 Å². The number of rotatable bonds is 3. The van der Waals surface area contributed by atoms with Gasteiger partial charge in [0, 0.05) is 17.7 Å². The van der Waals surface area contributed by atoms with Crippen molar-refractivity contribution in [1.29, 1.82) is 0 Å². The molecule has 4 aromatic carbocycles. The third-order valence-corrected chi connectivity index (χ3v) is 4.79. The van der Waals surface area contributed by atoms with Crippen molar-refractivity contribution in [2.24, 2.45) is 0 Å². The van der Waals surface area contributed by atoms with E-state index in [1.165, 1.54) is 12.1 Å². The van der Waals surface area contributed by atoms with Gasteiger partial charge in [-0.25, -0.2) is 22.0 Å². The van der Waals surface area contributed by atoms with Crippen molar-refractivity contribution in [3.8, 4) is 28.7 Å². The number of hydrogen-bond donors (Lipinski definition) is 0. The third-order valence-electron chi connectivity index (χ3n) is 4.79. The van der Waals surface area contributed by atoms with E-state index < -0.39 is 34.4 Å². The summed E-state index contributed by atoms with van der Waals surface area (Å²) in [6.07, 6.45) is 0. The number of fused-ring (bicyclic) bond motifs is 1. The van der Waals surface area contributed by atoms with Gasteiger partial charge in [0.1, 0.15) is 34.8 Å². The second-order valence-electron chi connectivity index (χ2n) is 6.97. The van der Waals surface area contributed by atoms with Crippen LogP contribution in [0.2, 0.25) is 0 Å². The molecule has 1 nitrogen and oxygen atoms in total. The topological polar surface area (TPSA) is 9.23 Å². The quantitative estimate of drug-likeness (QED) is 0.247. The highest BCUT2D eigenvalue weighted by Gasteiger charge is 2.18. The molecule has 0 saturated carbocycles. The number of ether oxygens (including phenoxy) is 1. The molecule has 0 spiro atoms. The van der Waals surface area contributed by atoms with E-state index in [0.29, 0.717) is 10.9 Å². The van der Waals surface area contributed by atoms with Crippen LogP contribution in [-0.2, 0) is 0 Å². The van der Waals surface area contributed by atoms with Gasteiger partial charge in [0.25, 0.3) is 0 Å². The second kappa shape index (κ2) is 8.72. The minimum atomic E-state index is -1.05. The van der Waals surface area contributed by atoms with Crippen LogP contribution in [0.3, 0.4) is 0 Å². The third kappa shape index (κ3) is 4.28. The van der Waals surface area contributed by atoms with Crippen LogP contribution in [0.25, 0.3) is 21.9 Å². The van der Waals surface area contributed by atoms with E-state index in [2.05, 4.69) is 11.8 Å². The highest BCUT2D eigenvalue weighted by molar-refractivity contribution is 5.84. The highest BCUT2D eigenvalue weighted by Crippen LogP contribution is 2.32. The van der Waals surface area contributed by atoms with E-state index in [1.807, 2.05) is 0 Å². The Kier molecular flexibility index (Phi) is 5.83. The molecule has 0 radical (unpaired) electrons. The second-order valence-corrected chi connectivity index (χ2v) is 6.97. The summed E-state index contributed by atoms with van der Waals surface area (Å²) in [5.74, 6) is 0.588. The van der Waals surface area contributed by atoms with E-state index in [4.69, 9.17) is 4.74 Å².